The highest BCUT2D eigenvalue weighted by Gasteiger charge is 2.28. The van der Waals surface area contributed by atoms with Crippen molar-refractivity contribution >= 4 is 21.6 Å². The molecule has 0 aliphatic heterocycles. The van der Waals surface area contributed by atoms with Crippen molar-refractivity contribution in [3.8, 4) is 16.9 Å². The molecule has 4 rings (SSSR count). The van der Waals surface area contributed by atoms with Crippen LogP contribution in [0.1, 0.15) is 21.6 Å². The number of hydrogen-bond donors (Lipinski definition) is 2. The van der Waals surface area contributed by atoms with Crippen molar-refractivity contribution in [2.24, 2.45) is 5.73 Å². The second kappa shape index (κ2) is 6.71. The predicted octanol–water partition coefficient (Wildman–Crippen LogP) is 1.57. The van der Waals surface area contributed by atoms with E-state index in [0.29, 0.717) is 17.8 Å². The Morgan fingerprint density at radius 3 is 2.41 bits per heavy atom. The Morgan fingerprint density at radius 1 is 1.10 bits per heavy atom. The van der Waals surface area contributed by atoms with E-state index in [9.17, 15) is 13.2 Å². The molecule has 0 radical (unpaired) electrons. The van der Waals surface area contributed by atoms with Gasteiger partial charge >= 0.3 is 0 Å². The fourth-order valence-electron chi connectivity index (χ4n) is 3.61. The Kier molecular flexibility index (Phi) is 4.44. The van der Waals surface area contributed by atoms with E-state index in [1.807, 2.05) is 18.2 Å². The topological polar surface area (TPSA) is 124 Å². The first-order chi connectivity index (χ1) is 13.7. The summed E-state index contributed by atoms with van der Waals surface area (Å²) in [6.07, 6.45) is 1.40. The molecule has 0 atom stereocenters. The summed E-state index contributed by atoms with van der Waals surface area (Å²) < 4.78 is 27.5. The van der Waals surface area contributed by atoms with Crippen LogP contribution in [-0.2, 0) is 22.9 Å². The van der Waals surface area contributed by atoms with E-state index in [2.05, 4.69) is 5.10 Å². The molecule has 1 aromatic heterocycles. The number of carbonyl (C=O) groups excluding carboxylic acids is 1. The fraction of sp³-hybridized carbons (Fsp3) is 0.200. The van der Waals surface area contributed by atoms with E-state index in [1.165, 1.54) is 26.2 Å². The molecule has 8 nitrogen and oxygen atoms in total. The Hall–Kier alpha value is -3.17. The number of anilines is 1. The number of fused-ring (bicyclic) bond motifs is 3. The first-order valence-electron chi connectivity index (χ1n) is 9.03. The number of primary amides is 1. The van der Waals surface area contributed by atoms with Gasteiger partial charge in [0.05, 0.1) is 16.3 Å². The molecule has 1 amide bonds. The number of aryl methyl sites for hydroxylation is 1. The second-order valence-corrected chi connectivity index (χ2v) is 9.30. The van der Waals surface area contributed by atoms with Crippen LogP contribution in [0, 0.1) is 0 Å². The van der Waals surface area contributed by atoms with Gasteiger partial charge in [-0.1, -0.05) is 6.07 Å². The Labute approximate surface area is 168 Å². The molecule has 3 aromatic rings. The number of benzene rings is 2. The van der Waals surface area contributed by atoms with Crippen molar-refractivity contribution < 1.29 is 13.2 Å². The second-order valence-electron chi connectivity index (χ2n) is 7.15. The standard InChI is InChI=1S/C20H21N5O3S/c1-24(2)29(27,28)15-8-6-14(7-9-15)25-19-16(18(23-25)20(22)26)10-4-12-3-5-13(21)11-17(12)19/h3,5-9,11H,4,10,21H2,1-2H3,(H2,22,26). The molecule has 1 aliphatic rings. The summed E-state index contributed by atoms with van der Waals surface area (Å²) in [5, 5.41) is 4.46. The third-order valence-electron chi connectivity index (χ3n) is 5.11. The van der Waals surface area contributed by atoms with Gasteiger partial charge in [-0.15, -0.1) is 0 Å². The van der Waals surface area contributed by atoms with Crippen molar-refractivity contribution in [1.82, 2.24) is 14.1 Å². The van der Waals surface area contributed by atoms with Crippen molar-refractivity contribution in [2.75, 3.05) is 19.8 Å². The monoisotopic (exact) mass is 411 g/mol. The first kappa shape index (κ1) is 19.2. The average Bonchev–Trinajstić information content (AvgIpc) is 3.08. The third kappa shape index (κ3) is 3.08. The quantitative estimate of drug-likeness (QED) is 0.631. The Morgan fingerprint density at radius 2 is 1.79 bits per heavy atom. The number of carbonyl (C=O) groups is 1. The van der Waals surface area contributed by atoms with E-state index in [1.54, 1.807) is 16.8 Å². The molecule has 0 saturated heterocycles. The third-order valence-corrected chi connectivity index (χ3v) is 6.94. The minimum Gasteiger partial charge on any atom is -0.399 e. The van der Waals surface area contributed by atoms with Gasteiger partial charge in [0.25, 0.3) is 5.91 Å². The number of nitrogens with zero attached hydrogens (tertiary/aromatic N) is 3. The molecule has 1 heterocycles. The lowest BCUT2D eigenvalue weighted by atomic mass is 9.88. The molecule has 1 aliphatic carbocycles. The van der Waals surface area contributed by atoms with Gasteiger partial charge in [0.1, 0.15) is 0 Å². The van der Waals surface area contributed by atoms with Crippen LogP contribution in [-0.4, -0.2) is 42.5 Å². The van der Waals surface area contributed by atoms with E-state index in [-0.39, 0.29) is 10.6 Å². The molecule has 4 N–H and O–H groups in total. The SMILES string of the molecule is CN(C)S(=O)(=O)c1ccc(-n2nc(C(N)=O)c3c2-c2cc(N)ccc2CC3)cc1. The van der Waals surface area contributed by atoms with Gasteiger partial charge in [0.2, 0.25) is 10.0 Å². The molecular weight excluding hydrogens is 390 g/mol. The summed E-state index contributed by atoms with van der Waals surface area (Å²) in [7, 11) is -0.583. The van der Waals surface area contributed by atoms with Crippen LogP contribution < -0.4 is 11.5 Å². The maximum atomic E-state index is 12.3. The van der Waals surface area contributed by atoms with Crippen molar-refractivity contribution in [2.45, 2.75) is 17.7 Å². The summed E-state index contributed by atoms with van der Waals surface area (Å²) in [6.45, 7) is 0. The highest BCUT2D eigenvalue weighted by atomic mass is 32.2. The molecule has 29 heavy (non-hydrogen) atoms. The lowest BCUT2D eigenvalue weighted by molar-refractivity contribution is 0.0994. The van der Waals surface area contributed by atoms with Crippen molar-refractivity contribution in [3.63, 3.8) is 0 Å². The number of aromatic nitrogens is 2. The number of sulfonamides is 1. The fourth-order valence-corrected chi connectivity index (χ4v) is 4.51. The molecule has 0 saturated carbocycles. The number of rotatable bonds is 4. The zero-order valence-corrected chi connectivity index (χ0v) is 16.9. The van der Waals surface area contributed by atoms with Gasteiger partial charge in [-0.05, 0) is 54.8 Å². The minimum atomic E-state index is -3.54. The van der Waals surface area contributed by atoms with E-state index in [0.717, 1.165) is 33.1 Å². The first-order valence-corrected chi connectivity index (χ1v) is 10.5. The van der Waals surface area contributed by atoms with Crippen LogP contribution in [0.2, 0.25) is 0 Å². The van der Waals surface area contributed by atoms with Gasteiger partial charge in [-0.3, -0.25) is 4.79 Å². The van der Waals surface area contributed by atoms with Crippen LogP contribution >= 0.6 is 0 Å². The zero-order chi connectivity index (χ0) is 20.9. The van der Waals surface area contributed by atoms with Crippen LogP contribution in [0.25, 0.3) is 16.9 Å². The number of nitrogen functional groups attached to an aromatic ring is 1. The number of nitrogens with two attached hydrogens (primary N) is 2. The summed E-state index contributed by atoms with van der Waals surface area (Å²) in [5.74, 6) is -0.598. The van der Waals surface area contributed by atoms with Crippen LogP contribution in [0.5, 0.6) is 0 Å². The molecule has 2 aromatic carbocycles. The van der Waals surface area contributed by atoms with E-state index < -0.39 is 15.9 Å². The van der Waals surface area contributed by atoms with Gasteiger partial charge in [-0.2, -0.15) is 5.10 Å². The van der Waals surface area contributed by atoms with Crippen LogP contribution in [0.3, 0.4) is 0 Å². The van der Waals surface area contributed by atoms with Gasteiger partial charge < -0.3 is 11.5 Å². The Balaban J connectivity index is 1.91. The van der Waals surface area contributed by atoms with Gasteiger partial charge in [0, 0.05) is 30.9 Å². The van der Waals surface area contributed by atoms with Crippen molar-refractivity contribution in [1.29, 1.82) is 0 Å². The van der Waals surface area contributed by atoms with E-state index in [4.69, 9.17) is 11.5 Å². The number of hydrogen-bond acceptors (Lipinski definition) is 5. The van der Waals surface area contributed by atoms with E-state index >= 15 is 0 Å². The van der Waals surface area contributed by atoms with Crippen LogP contribution in [0.4, 0.5) is 5.69 Å². The minimum absolute atomic E-state index is 0.173. The largest absolute Gasteiger partial charge is 0.399 e. The smallest absolute Gasteiger partial charge is 0.269 e. The number of amides is 1. The maximum absolute atomic E-state index is 12.3. The maximum Gasteiger partial charge on any atom is 0.269 e. The lowest BCUT2D eigenvalue weighted by Gasteiger charge is -2.19. The van der Waals surface area contributed by atoms with Gasteiger partial charge in [0.15, 0.2) is 5.69 Å². The normalized spacial score (nSPS) is 13.2. The van der Waals surface area contributed by atoms with Crippen LogP contribution in [0.15, 0.2) is 47.4 Å². The summed E-state index contributed by atoms with van der Waals surface area (Å²) in [6, 6.07) is 12.0. The summed E-state index contributed by atoms with van der Waals surface area (Å²) in [4.78, 5) is 12.2. The molecule has 9 heteroatoms. The molecule has 150 valence electrons. The Bertz CT molecular complexity index is 1230. The summed E-state index contributed by atoms with van der Waals surface area (Å²) >= 11 is 0. The van der Waals surface area contributed by atoms with Gasteiger partial charge in [-0.25, -0.2) is 17.4 Å². The highest BCUT2D eigenvalue weighted by Crippen LogP contribution is 2.38. The van der Waals surface area contributed by atoms with Crippen molar-refractivity contribution in [3.05, 3.63) is 59.3 Å². The average molecular weight is 411 g/mol. The highest BCUT2D eigenvalue weighted by molar-refractivity contribution is 7.89. The molecule has 0 spiro atoms. The molecule has 0 fully saturated rings. The molecule has 0 bridgehead atoms. The molecular formula is C20H21N5O3S. The summed E-state index contributed by atoms with van der Waals surface area (Å²) in [5.41, 5.74) is 16.6. The lowest BCUT2D eigenvalue weighted by Crippen LogP contribution is -2.22. The zero-order valence-electron chi connectivity index (χ0n) is 16.1. The molecule has 0 unspecified atom stereocenters. The predicted molar refractivity (Wildman–Crippen MR) is 110 cm³/mol.